The molecule has 11 heavy (non-hydrogen) atoms. The van der Waals surface area contributed by atoms with Crippen molar-refractivity contribution in [3.05, 3.63) is 0 Å². The van der Waals surface area contributed by atoms with Gasteiger partial charge < -0.3 is 4.74 Å². The van der Waals surface area contributed by atoms with Gasteiger partial charge in [0.15, 0.2) is 0 Å². The minimum Gasteiger partial charge on any atom is -0.462 e. The first-order valence-electron chi connectivity index (χ1n) is 4.29. The highest BCUT2D eigenvalue weighted by Gasteiger charge is 2.15. The molecule has 2 atom stereocenters. The molecule has 0 saturated carbocycles. The molecular weight excluding hydrogens is 140 g/mol. The highest BCUT2D eigenvalue weighted by Crippen LogP contribution is 2.14. The van der Waals surface area contributed by atoms with E-state index in [2.05, 4.69) is 13.8 Å². The fourth-order valence-corrected chi connectivity index (χ4v) is 1.08. The van der Waals surface area contributed by atoms with Gasteiger partial charge in [0.1, 0.15) is 6.10 Å². The predicted molar refractivity (Wildman–Crippen MR) is 45.3 cm³/mol. The summed E-state index contributed by atoms with van der Waals surface area (Å²) in [5.41, 5.74) is 0. The maximum absolute atomic E-state index is 10.6. The monoisotopic (exact) mass is 158 g/mol. The zero-order valence-electron chi connectivity index (χ0n) is 7.89. The van der Waals surface area contributed by atoms with Crippen LogP contribution in [0.3, 0.4) is 0 Å². The molecule has 0 spiro atoms. The Kier molecular flexibility index (Phi) is 4.92. The van der Waals surface area contributed by atoms with Crippen LogP contribution < -0.4 is 0 Å². The van der Waals surface area contributed by atoms with Crippen LogP contribution in [0.15, 0.2) is 0 Å². The Hall–Kier alpha value is -0.530. The molecule has 66 valence electrons. The molecule has 0 N–H and O–H groups in total. The van der Waals surface area contributed by atoms with Crippen molar-refractivity contribution in [1.82, 2.24) is 0 Å². The zero-order valence-corrected chi connectivity index (χ0v) is 7.89. The largest absolute Gasteiger partial charge is 0.462 e. The lowest BCUT2D eigenvalue weighted by Gasteiger charge is -2.20. The molecular formula is C9H18O2. The van der Waals surface area contributed by atoms with E-state index in [1.807, 2.05) is 6.92 Å². The van der Waals surface area contributed by atoms with E-state index in [0.717, 1.165) is 12.8 Å². The van der Waals surface area contributed by atoms with E-state index in [9.17, 15) is 4.79 Å². The van der Waals surface area contributed by atoms with Crippen LogP contribution in [0.2, 0.25) is 0 Å². The Morgan fingerprint density at radius 2 is 1.91 bits per heavy atom. The number of hydrogen-bond donors (Lipinski definition) is 0. The van der Waals surface area contributed by atoms with Crippen LogP contribution in [-0.4, -0.2) is 12.1 Å². The van der Waals surface area contributed by atoms with E-state index in [-0.39, 0.29) is 12.1 Å². The van der Waals surface area contributed by atoms with Gasteiger partial charge in [0.25, 0.3) is 0 Å². The second-order valence-corrected chi connectivity index (χ2v) is 2.94. The Bertz CT molecular complexity index is 121. The van der Waals surface area contributed by atoms with Gasteiger partial charge in [-0.25, -0.2) is 0 Å². The summed E-state index contributed by atoms with van der Waals surface area (Å²) in [7, 11) is 0. The van der Waals surface area contributed by atoms with Crippen LogP contribution in [0.25, 0.3) is 0 Å². The molecule has 0 heterocycles. The van der Waals surface area contributed by atoms with Crippen molar-refractivity contribution in [1.29, 1.82) is 0 Å². The summed E-state index contributed by atoms with van der Waals surface area (Å²) in [5.74, 6) is 0.307. The van der Waals surface area contributed by atoms with Crippen LogP contribution >= 0.6 is 0 Å². The summed E-state index contributed by atoms with van der Waals surface area (Å²) in [5, 5.41) is 0. The molecule has 0 aromatic heterocycles. The van der Waals surface area contributed by atoms with E-state index in [1.54, 1.807) is 0 Å². The first kappa shape index (κ1) is 10.5. The molecule has 0 saturated heterocycles. The molecule has 0 aliphatic rings. The van der Waals surface area contributed by atoms with Gasteiger partial charge in [-0.3, -0.25) is 4.79 Å². The van der Waals surface area contributed by atoms with E-state index in [4.69, 9.17) is 4.74 Å². The van der Waals surface area contributed by atoms with Gasteiger partial charge in [-0.15, -0.1) is 0 Å². The average molecular weight is 158 g/mol. The van der Waals surface area contributed by atoms with Crippen molar-refractivity contribution in [2.75, 3.05) is 0 Å². The Morgan fingerprint density at radius 1 is 1.36 bits per heavy atom. The first-order valence-corrected chi connectivity index (χ1v) is 4.29. The molecule has 0 aliphatic heterocycles. The highest BCUT2D eigenvalue weighted by atomic mass is 16.5. The van der Waals surface area contributed by atoms with Crippen molar-refractivity contribution in [3.8, 4) is 0 Å². The van der Waals surface area contributed by atoms with Gasteiger partial charge in [-0.2, -0.15) is 0 Å². The van der Waals surface area contributed by atoms with E-state index >= 15 is 0 Å². The SMILES string of the molecule is CC[C@@H](C)[C@@H](CC)OC(C)=O. The number of rotatable bonds is 4. The number of esters is 1. The molecule has 0 rings (SSSR count). The fraction of sp³-hybridized carbons (Fsp3) is 0.889. The van der Waals surface area contributed by atoms with Crippen LogP contribution in [-0.2, 0) is 9.53 Å². The zero-order chi connectivity index (χ0) is 8.85. The average Bonchev–Trinajstić information content (AvgIpc) is 1.98. The van der Waals surface area contributed by atoms with Crippen LogP contribution in [0.1, 0.15) is 40.5 Å². The molecule has 0 aliphatic carbocycles. The maximum atomic E-state index is 10.6. The third kappa shape index (κ3) is 4.02. The van der Waals surface area contributed by atoms with Crippen LogP contribution in [0.4, 0.5) is 0 Å². The first-order chi connectivity index (χ1) is 5.11. The van der Waals surface area contributed by atoms with Gasteiger partial charge in [0, 0.05) is 6.92 Å². The van der Waals surface area contributed by atoms with Crippen LogP contribution in [0.5, 0.6) is 0 Å². The van der Waals surface area contributed by atoms with Crippen molar-refractivity contribution < 1.29 is 9.53 Å². The molecule has 0 fully saturated rings. The molecule has 2 heteroatoms. The quantitative estimate of drug-likeness (QED) is 0.587. The summed E-state index contributed by atoms with van der Waals surface area (Å²) in [6, 6.07) is 0. The lowest BCUT2D eigenvalue weighted by atomic mass is 10.00. The molecule has 0 unspecified atom stereocenters. The molecule has 2 nitrogen and oxygen atoms in total. The van der Waals surface area contributed by atoms with Gasteiger partial charge in [-0.1, -0.05) is 27.2 Å². The summed E-state index contributed by atoms with van der Waals surface area (Å²) in [6.07, 6.45) is 2.08. The smallest absolute Gasteiger partial charge is 0.302 e. The fourth-order valence-electron chi connectivity index (χ4n) is 1.08. The molecule has 0 radical (unpaired) electrons. The van der Waals surface area contributed by atoms with Crippen molar-refractivity contribution in [2.45, 2.75) is 46.6 Å². The minimum atomic E-state index is -0.169. The van der Waals surface area contributed by atoms with Crippen LogP contribution in [0, 0.1) is 5.92 Å². The highest BCUT2D eigenvalue weighted by molar-refractivity contribution is 5.66. The topological polar surface area (TPSA) is 26.3 Å². The summed E-state index contributed by atoms with van der Waals surface area (Å²) in [6.45, 7) is 7.72. The molecule has 0 aromatic rings. The van der Waals surface area contributed by atoms with Gasteiger partial charge in [-0.05, 0) is 12.3 Å². The minimum absolute atomic E-state index is 0.109. The predicted octanol–water partition coefficient (Wildman–Crippen LogP) is 2.37. The van der Waals surface area contributed by atoms with Crippen molar-refractivity contribution >= 4 is 5.97 Å². The Balaban J connectivity index is 3.84. The lowest BCUT2D eigenvalue weighted by Crippen LogP contribution is -2.22. The Morgan fingerprint density at radius 3 is 2.18 bits per heavy atom. The Labute approximate surface area is 68.9 Å². The molecule has 0 amide bonds. The third-order valence-corrected chi connectivity index (χ3v) is 2.00. The molecule has 0 aromatic carbocycles. The maximum Gasteiger partial charge on any atom is 0.302 e. The second-order valence-electron chi connectivity index (χ2n) is 2.94. The summed E-state index contributed by atoms with van der Waals surface area (Å²) >= 11 is 0. The third-order valence-electron chi connectivity index (χ3n) is 2.00. The van der Waals surface area contributed by atoms with E-state index in [1.165, 1.54) is 6.92 Å². The standard InChI is InChI=1S/C9H18O2/c1-5-7(3)9(6-2)11-8(4)10/h7,9H,5-6H2,1-4H3/t7-,9-/m1/s1. The normalized spacial score (nSPS) is 15.6. The lowest BCUT2D eigenvalue weighted by molar-refractivity contribution is -0.149. The number of ether oxygens (including phenoxy) is 1. The van der Waals surface area contributed by atoms with E-state index in [0.29, 0.717) is 5.92 Å². The number of carbonyl (C=O) groups excluding carboxylic acids is 1. The molecule has 0 bridgehead atoms. The van der Waals surface area contributed by atoms with Gasteiger partial charge in [0.05, 0.1) is 0 Å². The van der Waals surface area contributed by atoms with Crippen molar-refractivity contribution in [2.24, 2.45) is 5.92 Å². The van der Waals surface area contributed by atoms with Crippen molar-refractivity contribution in [3.63, 3.8) is 0 Å². The number of carbonyl (C=O) groups is 1. The van der Waals surface area contributed by atoms with E-state index < -0.39 is 0 Å². The second kappa shape index (κ2) is 5.16. The summed E-state index contributed by atoms with van der Waals surface area (Å²) in [4.78, 5) is 10.6. The van der Waals surface area contributed by atoms with Gasteiger partial charge >= 0.3 is 5.97 Å². The van der Waals surface area contributed by atoms with Gasteiger partial charge in [0.2, 0.25) is 0 Å². The summed E-state index contributed by atoms with van der Waals surface area (Å²) < 4.78 is 5.11. The number of hydrogen-bond acceptors (Lipinski definition) is 2.